The van der Waals surface area contributed by atoms with Crippen LogP contribution in [0.2, 0.25) is 0 Å². The molecule has 9 heteroatoms. The van der Waals surface area contributed by atoms with Gasteiger partial charge in [-0.1, -0.05) is 11.2 Å². The maximum atomic E-state index is 5.69. The zero-order chi connectivity index (χ0) is 22.2. The van der Waals surface area contributed by atoms with Crippen LogP contribution < -0.4 is 23.7 Å². The molecule has 0 aliphatic rings. The highest BCUT2D eigenvalue weighted by Gasteiger charge is 2.18. The molecule has 166 valence electrons. The minimum absolute atomic E-state index is 0.211. The number of ether oxygens (including phenoxy) is 5. The van der Waals surface area contributed by atoms with E-state index in [9.17, 15) is 0 Å². The van der Waals surface area contributed by atoms with E-state index in [0.29, 0.717) is 47.8 Å². The normalized spacial score (nSPS) is 10.8. The van der Waals surface area contributed by atoms with Crippen molar-refractivity contribution in [1.29, 1.82) is 0 Å². The lowest BCUT2D eigenvalue weighted by Crippen LogP contribution is -2.18. The van der Waals surface area contributed by atoms with Gasteiger partial charge in [-0.2, -0.15) is 4.98 Å². The number of aromatic nitrogens is 2. The monoisotopic (exact) mass is 429 g/mol. The molecule has 2 aromatic carbocycles. The lowest BCUT2D eigenvalue weighted by molar-refractivity contribution is 0.251. The summed E-state index contributed by atoms with van der Waals surface area (Å²) in [5.41, 5.74) is 0.949. The quantitative estimate of drug-likeness (QED) is 0.455. The van der Waals surface area contributed by atoms with Crippen molar-refractivity contribution in [2.24, 2.45) is 0 Å². The van der Waals surface area contributed by atoms with Gasteiger partial charge < -0.3 is 28.2 Å². The molecule has 0 atom stereocenters. The van der Waals surface area contributed by atoms with Crippen molar-refractivity contribution in [2.75, 3.05) is 35.5 Å². The molecule has 1 aromatic heterocycles. The SMILES string of the molecule is COc1ccc(OCc2noc(CN(C)Cc3ccc(OC)c(OC)c3OC)n2)cc1. The fourth-order valence-electron chi connectivity index (χ4n) is 3.10. The Hall–Kier alpha value is -3.46. The van der Waals surface area contributed by atoms with Crippen molar-refractivity contribution in [2.45, 2.75) is 19.7 Å². The van der Waals surface area contributed by atoms with Gasteiger partial charge in [-0.25, -0.2) is 0 Å². The first-order valence-electron chi connectivity index (χ1n) is 9.62. The van der Waals surface area contributed by atoms with Crippen LogP contribution in [0.15, 0.2) is 40.9 Å². The molecule has 0 unspecified atom stereocenters. The van der Waals surface area contributed by atoms with Crippen LogP contribution in [0, 0.1) is 0 Å². The van der Waals surface area contributed by atoms with Gasteiger partial charge in [0.15, 0.2) is 18.1 Å². The van der Waals surface area contributed by atoms with Crippen LogP contribution in [-0.2, 0) is 19.7 Å². The van der Waals surface area contributed by atoms with Gasteiger partial charge in [0.2, 0.25) is 17.5 Å². The molecule has 31 heavy (non-hydrogen) atoms. The zero-order valence-corrected chi connectivity index (χ0v) is 18.4. The number of hydrogen-bond acceptors (Lipinski definition) is 9. The van der Waals surface area contributed by atoms with Crippen LogP contribution >= 0.6 is 0 Å². The van der Waals surface area contributed by atoms with E-state index in [2.05, 4.69) is 10.1 Å². The first-order chi connectivity index (χ1) is 15.1. The van der Waals surface area contributed by atoms with Crippen LogP contribution in [0.4, 0.5) is 0 Å². The summed E-state index contributed by atoms with van der Waals surface area (Å²) in [6, 6.07) is 11.1. The maximum Gasteiger partial charge on any atom is 0.240 e. The van der Waals surface area contributed by atoms with E-state index in [1.165, 1.54) is 0 Å². The van der Waals surface area contributed by atoms with Crippen LogP contribution in [-0.4, -0.2) is 50.5 Å². The third-order valence-electron chi connectivity index (χ3n) is 4.57. The first-order valence-corrected chi connectivity index (χ1v) is 9.62. The average Bonchev–Trinajstić information content (AvgIpc) is 3.24. The fraction of sp³-hybridized carbons (Fsp3) is 0.364. The molecule has 0 fully saturated rings. The molecule has 3 rings (SSSR count). The first kappa shape index (κ1) is 22.2. The summed E-state index contributed by atoms with van der Waals surface area (Å²) in [7, 11) is 8.35. The van der Waals surface area contributed by atoms with Gasteiger partial charge in [-0.05, 0) is 37.4 Å². The highest BCUT2D eigenvalue weighted by molar-refractivity contribution is 5.55. The van der Waals surface area contributed by atoms with Gasteiger partial charge in [0.1, 0.15) is 11.5 Å². The third kappa shape index (κ3) is 5.58. The highest BCUT2D eigenvalue weighted by Crippen LogP contribution is 2.40. The van der Waals surface area contributed by atoms with Gasteiger partial charge in [0.25, 0.3) is 0 Å². The van der Waals surface area contributed by atoms with Crippen LogP contribution in [0.1, 0.15) is 17.3 Å². The second-order valence-electron chi connectivity index (χ2n) is 6.73. The molecule has 0 N–H and O–H groups in total. The van der Waals surface area contributed by atoms with E-state index in [4.69, 9.17) is 28.2 Å². The zero-order valence-electron chi connectivity index (χ0n) is 18.4. The molecule has 0 aliphatic heterocycles. The van der Waals surface area contributed by atoms with E-state index in [1.807, 2.05) is 48.3 Å². The fourth-order valence-corrected chi connectivity index (χ4v) is 3.10. The molecule has 0 bridgehead atoms. The minimum Gasteiger partial charge on any atom is -0.497 e. The van der Waals surface area contributed by atoms with Crippen LogP contribution in [0.5, 0.6) is 28.7 Å². The van der Waals surface area contributed by atoms with Crippen molar-refractivity contribution < 1.29 is 28.2 Å². The summed E-state index contributed by atoms with van der Waals surface area (Å²) < 4.78 is 32.5. The number of benzene rings is 2. The second-order valence-corrected chi connectivity index (χ2v) is 6.73. The Morgan fingerprint density at radius 3 is 2.16 bits per heavy atom. The van der Waals surface area contributed by atoms with Crippen molar-refractivity contribution in [3.05, 3.63) is 53.7 Å². The number of rotatable bonds is 11. The second kappa shape index (κ2) is 10.5. The lowest BCUT2D eigenvalue weighted by Gasteiger charge is -2.19. The predicted molar refractivity (Wildman–Crippen MR) is 113 cm³/mol. The van der Waals surface area contributed by atoms with E-state index >= 15 is 0 Å². The highest BCUT2D eigenvalue weighted by atomic mass is 16.5. The van der Waals surface area contributed by atoms with Gasteiger partial charge >= 0.3 is 0 Å². The topological polar surface area (TPSA) is 88.3 Å². The van der Waals surface area contributed by atoms with Crippen LogP contribution in [0.3, 0.4) is 0 Å². The van der Waals surface area contributed by atoms with E-state index in [-0.39, 0.29) is 6.61 Å². The van der Waals surface area contributed by atoms with Gasteiger partial charge in [0, 0.05) is 12.1 Å². The molecule has 3 aromatic rings. The van der Waals surface area contributed by atoms with Crippen molar-refractivity contribution in [3.63, 3.8) is 0 Å². The van der Waals surface area contributed by atoms with Crippen molar-refractivity contribution in [1.82, 2.24) is 15.0 Å². The predicted octanol–water partition coefficient (Wildman–Crippen LogP) is 3.32. The average molecular weight is 429 g/mol. The van der Waals surface area contributed by atoms with Crippen molar-refractivity contribution >= 4 is 0 Å². The summed E-state index contributed by atoms with van der Waals surface area (Å²) >= 11 is 0. The van der Waals surface area contributed by atoms with E-state index < -0.39 is 0 Å². The Morgan fingerprint density at radius 2 is 1.52 bits per heavy atom. The van der Waals surface area contributed by atoms with E-state index in [1.54, 1.807) is 28.4 Å². The summed E-state index contributed by atoms with van der Waals surface area (Å²) in [6.07, 6.45) is 0. The summed E-state index contributed by atoms with van der Waals surface area (Å²) in [4.78, 5) is 6.43. The van der Waals surface area contributed by atoms with Gasteiger partial charge in [-0.3, -0.25) is 4.90 Å². The Balaban J connectivity index is 1.59. The summed E-state index contributed by atoms with van der Waals surface area (Å²) in [5, 5.41) is 3.99. The molecular formula is C22H27N3O6. The molecular weight excluding hydrogens is 402 g/mol. The maximum absolute atomic E-state index is 5.69. The lowest BCUT2D eigenvalue weighted by atomic mass is 10.1. The Bertz CT molecular complexity index is 974. The van der Waals surface area contributed by atoms with Crippen LogP contribution in [0.25, 0.3) is 0 Å². The molecule has 1 heterocycles. The smallest absolute Gasteiger partial charge is 0.240 e. The van der Waals surface area contributed by atoms with E-state index in [0.717, 1.165) is 11.3 Å². The molecule has 9 nitrogen and oxygen atoms in total. The molecule has 0 saturated carbocycles. The third-order valence-corrected chi connectivity index (χ3v) is 4.57. The van der Waals surface area contributed by atoms with Gasteiger partial charge in [-0.15, -0.1) is 0 Å². The summed E-state index contributed by atoms with van der Waals surface area (Å²) in [5.74, 6) is 4.25. The Kier molecular flexibility index (Phi) is 7.55. The van der Waals surface area contributed by atoms with Crippen molar-refractivity contribution in [3.8, 4) is 28.7 Å². The van der Waals surface area contributed by atoms with Gasteiger partial charge in [0.05, 0.1) is 35.0 Å². The Morgan fingerprint density at radius 1 is 0.806 bits per heavy atom. The molecule has 0 saturated heterocycles. The largest absolute Gasteiger partial charge is 0.497 e. The molecule has 0 aliphatic carbocycles. The minimum atomic E-state index is 0.211. The molecule has 0 radical (unpaired) electrons. The number of hydrogen-bond donors (Lipinski definition) is 0. The number of methoxy groups -OCH3 is 4. The number of nitrogens with zero attached hydrogens (tertiary/aromatic N) is 3. The standard InChI is InChI=1S/C22H27N3O6/c1-25(12-15-6-11-18(27-3)22(29-5)21(15)28-4)13-20-23-19(24-31-20)14-30-17-9-7-16(26-2)8-10-17/h6-11H,12-14H2,1-5H3. The molecule has 0 spiro atoms. The molecule has 0 amide bonds. The Labute approximate surface area is 181 Å². The summed E-state index contributed by atoms with van der Waals surface area (Å²) in [6.45, 7) is 1.26.